The molecule has 2 aromatic rings. The van der Waals surface area contributed by atoms with Crippen molar-refractivity contribution in [2.75, 3.05) is 17.2 Å². The zero-order chi connectivity index (χ0) is 13.1. The van der Waals surface area contributed by atoms with E-state index in [2.05, 4.69) is 20.6 Å². The van der Waals surface area contributed by atoms with Crippen LogP contribution < -0.4 is 15.4 Å². The highest BCUT2D eigenvalue weighted by molar-refractivity contribution is 5.95. The normalized spacial score (nSPS) is 16.7. The molecule has 0 saturated carbocycles. The van der Waals surface area contributed by atoms with Gasteiger partial charge in [0.05, 0.1) is 30.3 Å². The standard InChI is InChI=1S/C13H12N4O2/c18-13(17-9-5-14-8-15-6-9)12-7-16-10-3-1-2-4-11(10)19-12/h1-6,8,12,16H,7H2,(H,17,18). The lowest BCUT2D eigenvalue weighted by atomic mass is 10.2. The fourth-order valence-corrected chi connectivity index (χ4v) is 1.85. The van der Waals surface area contributed by atoms with Crippen LogP contribution in [0.25, 0.3) is 0 Å². The minimum absolute atomic E-state index is 0.225. The summed E-state index contributed by atoms with van der Waals surface area (Å²) < 4.78 is 5.65. The predicted molar refractivity (Wildman–Crippen MR) is 70.0 cm³/mol. The van der Waals surface area contributed by atoms with Gasteiger partial charge in [0.1, 0.15) is 12.1 Å². The van der Waals surface area contributed by atoms with Crippen LogP contribution in [0, 0.1) is 0 Å². The van der Waals surface area contributed by atoms with Gasteiger partial charge in [0, 0.05) is 0 Å². The third-order valence-corrected chi connectivity index (χ3v) is 2.75. The number of carbonyl (C=O) groups excluding carboxylic acids is 1. The molecule has 0 saturated heterocycles. The van der Waals surface area contributed by atoms with Crippen molar-refractivity contribution in [3.8, 4) is 5.75 Å². The molecule has 1 aromatic heterocycles. The van der Waals surface area contributed by atoms with E-state index in [0.717, 1.165) is 5.69 Å². The van der Waals surface area contributed by atoms with Gasteiger partial charge in [-0.1, -0.05) is 12.1 Å². The zero-order valence-corrected chi connectivity index (χ0v) is 10.0. The van der Waals surface area contributed by atoms with Gasteiger partial charge < -0.3 is 15.4 Å². The van der Waals surface area contributed by atoms with Crippen LogP contribution in [-0.4, -0.2) is 28.5 Å². The SMILES string of the molecule is O=C(Nc1cncnc1)C1CNc2ccccc2O1. The fraction of sp³-hybridized carbons (Fsp3) is 0.154. The largest absolute Gasteiger partial charge is 0.477 e. The summed E-state index contributed by atoms with van der Waals surface area (Å²) in [5, 5.41) is 5.88. The highest BCUT2D eigenvalue weighted by atomic mass is 16.5. The Labute approximate surface area is 109 Å². The number of hydrogen-bond donors (Lipinski definition) is 2. The number of carbonyl (C=O) groups is 1. The van der Waals surface area contributed by atoms with E-state index in [9.17, 15) is 4.79 Å². The number of benzene rings is 1. The van der Waals surface area contributed by atoms with Crippen LogP contribution >= 0.6 is 0 Å². The number of rotatable bonds is 2. The minimum atomic E-state index is -0.574. The summed E-state index contributed by atoms with van der Waals surface area (Å²) >= 11 is 0. The van der Waals surface area contributed by atoms with Crippen molar-refractivity contribution in [1.82, 2.24) is 9.97 Å². The van der Waals surface area contributed by atoms with E-state index in [0.29, 0.717) is 18.0 Å². The van der Waals surface area contributed by atoms with Crippen molar-refractivity contribution in [2.24, 2.45) is 0 Å². The first-order valence-electron chi connectivity index (χ1n) is 5.88. The van der Waals surface area contributed by atoms with Gasteiger partial charge in [0.2, 0.25) is 0 Å². The van der Waals surface area contributed by atoms with E-state index in [-0.39, 0.29) is 5.91 Å². The van der Waals surface area contributed by atoms with Gasteiger partial charge in [-0.2, -0.15) is 0 Å². The summed E-state index contributed by atoms with van der Waals surface area (Å²) in [5.74, 6) is 0.454. The summed E-state index contributed by atoms with van der Waals surface area (Å²) in [6.07, 6.45) is 3.91. The summed E-state index contributed by atoms with van der Waals surface area (Å²) in [5.41, 5.74) is 1.45. The number of amides is 1. The molecular formula is C13H12N4O2. The number of aromatic nitrogens is 2. The van der Waals surface area contributed by atoms with Crippen molar-refractivity contribution in [2.45, 2.75) is 6.10 Å². The van der Waals surface area contributed by atoms with Crippen molar-refractivity contribution in [3.05, 3.63) is 43.0 Å². The zero-order valence-electron chi connectivity index (χ0n) is 10.0. The molecule has 2 N–H and O–H groups in total. The van der Waals surface area contributed by atoms with Crippen LogP contribution in [0.4, 0.5) is 11.4 Å². The average molecular weight is 256 g/mol. The van der Waals surface area contributed by atoms with Gasteiger partial charge in [-0.3, -0.25) is 4.79 Å². The molecule has 3 rings (SSSR count). The Morgan fingerprint density at radius 2 is 2.11 bits per heavy atom. The molecule has 1 amide bonds. The lowest BCUT2D eigenvalue weighted by Gasteiger charge is -2.26. The molecule has 0 radical (unpaired) electrons. The van der Waals surface area contributed by atoms with E-state index in [1.165, 1.54) is 18.7 Å². The fourth-order valence-electron chi connectivity index (χ4n) is 1.85. The molecule has 0 spiro atoms. The van der Waals surface area contributed by atoms with E-state index in [1.54, 1.807) is 0 Å². The number of nitrogens with one attached hydrogen (secondary N) is 2. The maximum Gasteiger partial charge on any atom is 0.267 e. The van der Waals surface area contributed by atoms with Gasteiger partial charge in [0.15, 0.2) is 6.10 Å². The van der Waals surface area contributed by atoms with Crippen LogP contribution in [0.3, 0.4) is 0 Å². The van der Waals surface area contributed by atoms with Gasteiger partial charge in [0.25, 0.3) is 5.91 Å². The Morgan fingerprint density at radius 1 is 1.32 bits per heavy atom. The second-order valence-electron chi connectivity index (χ2n) is 4.10. The summed E-state index contributed by atoms with van der Waals surface area (Å²) in [6, 6.07) is 7.52. The van der Waals surface area contributed by atoms with Crippen molar-refractivity contribution in [3.63, 3.8) is 0 Å². The van der Waals surface area contributed by atoms with Crippen molar-refractivity contribution >= 4 is 17.3 Å². The molecule has 1 aliphatic rings. The molecule has 0 bridgehead atoms. The molecule has 6 heteroatoms. The van der Waals surface area contributed by atoms with E-state index >= 15 is 0 Å². The second kappa shape index (κ2) is 4.93. The number of hydrogen-bond acceptors (Lipinski definition) is 5. The number of anilines is 2. The molecule has 1 aromatic carbocycles. The first-order valence-corrected chi connectivity index (χ1v) is 5.88. The smallest absolute Gasteiger partial charge is 0.267 e. The third-order valence-electron chi connectivity index (χ3n) is 2.75. The molecule has 1 atom stereocenters. The quantitative estimate of drug-likeness (QED) is 0.846. The Balaban J connectivity index is 1.70. The van der Waals surface area contributed by atoms with Crippen LogP contribution in [0.5, 0.6) is 5.75 Å². The highest BCUT2D eigenvalue weighted by Crippen LogP contribution is 2.28. The maximum atomic E-state index is 12.0. The van der Waals surface area contributed by atoms with Crippen LogP contribution in [0.2, 0.25) is 0 Å². The summed E-state index contributed by atoms with van der Waals surface area (Å²) in [7, 11) is 0. The van der Waals surface area contributed by atoms with Gasteiger partial charge in [-0.25, -0.2) is 9.97 Å². The molecule has 0 aliphatic carbocycles. The molecule has 2 heterocycles. The Bertz CT molecular complexity index is 588. The van der Waals surface area contributed by atoms with Crippen molar-refractivity contribution < 1.29 is 9.53 Å². The number of para-hydroxylation sites is 2. The van der Waals surface area contributed by atoms with Crippen LogP contribution in [-0.2, 0) is 4.79 Å². The Hall–Kier alpha value is -2.63. The molecular weight excluding hydrogens is 244 g/mol. The topological polar surface area (TPSA) is 76.1 Å². The summed E-state index contributed by atoms with van der Waals surface area (Å²) in [4.78, 5) is 19.7. The lowest BCUT2D eigenvalue weighted by molar-refractivity contribution is -0.122. The molecule has 6 nitrogen and oxygen atoms in total. The van der Waals surface area contributed by atoms with Crippen LogP contribution in [0.1, 0.15) is 0 Å². The lowest BCUT2D eigenvalue weighted by Crippen LogP contribution is -2.41. The van der Waals surface area contributed by atoms with Crippen molar-refractivity contribution in [1.29, 1.82) is 0 Å². The predicted octanol–water partition coefficient (Wildman–Crippen LogP) is 1.29. The van der Waals surface area contributed by atoms with Gasteiger partial charge in [-0.15, -0.1) is 0 Å². The van der Waals surface area contributed by atoms with Gasteiger partial charge >= 0.3 is 0 Å². The van der Waals surface area contributed by atoms with E-state index < -0.39 is 6.10 Å². The van der Waals surface area contributed by atoms with Gasteiger partial charge in [-0.05, 0) is 12.1 Å². The molecule has 1 aliphatic heterocycles. The number of ether oxygens (including phenoxy) is 1. The second-order valence-corrected chi connectivity index (χ2v) is 4.10. The first kappa shape index (κ1) is 11.5. The number of fused-ring (bicyclic) bond motifs is 1. The first-order chi connectivity index (χ1) is 9.33. The number of nitrogens with zero attached hydrogens (tertiary/aromatic N) is 2. The van der Waals surface area contributed by atoms with E-state index in [4.69, 9.17) is 4.74 Å². The van der Waals surface area contributed by atoms with E-state index in [1.807, 2.05) is 24.3 Å². The Kier molecular flexibility index (Phi) is 2.97. The summed E-state index contributed by atoms with van der Waals surface area (Å²) in [6.45, 7) is 0.427. The molecule has 19 heavy (non-hydrogen) atoms. The third kappa shape index (κ3) is 2.47. The monoisotopic (exact) mass is 256 g/mol. The molecule has 1 unspecified atom stereocenters. The average Bonchev–Trinajstić information content (AvgIpc) is 2.48. The van der Waals surface area contributed by atoms with Crippen LogP contribution in [0.15, 0.2) is 43.0 Å². The molecule has 96 valence electrons. The highest BCUT2D eigenvalue weighted by Gasteiger charge is 2.25. The Morgan fingerprint density at radius 3 is 2.95 bits per heavy atom. The maximum absolute atomic E-state index is 12.0. The molecule has 0 fully saturated rings. The minimum Gasteiger partial charge on any atom is -0.477 e.